The molecule has 1 N–H and O–H groups in total. The first-order valence-electron chi connectivity index (χ1n) is 6.29. The molecule has 0 saturated carbocycles. The third-order valence-corrected chi connectivity index (χ3v) is 4.29. The molecule has 0 saturated heterocycles. The molecule has 1 aromatic carbocycles. The van der Waals surface area contributed by atoms with E-state index in [0.29, 0.717) is 16.1 Å². The Balaban J connectivity index is 2.07. The van der Waals surface area contributed by atoms with Crippen molar-refractivity contribution in [3.05, 3.63) is 62.3 Å². The van der Waals surface area contributed by atoms with Gasteiger partial charge in [0.2, 0.25) is 0 Å². The van der Waals surface area contributed by atoms with Crippen molar-refractivity contribution in [1.82, 2.24) is 10.3 Å². The van der Waals surface area contributed by atoms with Crippen molar-refractivity contribution in [3.8, 4) is 0 Å². The summed E-state index contributed by atoms with van der Waals surface area (Å²) in [7, 11) is 1.97. The minimum absolute atomic E-state index is 0.323. The lowest BCUT2D eigenvalue weighted by molar-refractivity contribution is 0.555. The molecule has 20 heavy (non-hydrogen) atoms. The molecule has 0 aliphatic rings. The zero-order valence-electron chi connectivity index (χ0n) is 11.0. The van der Waals surface area contributed by atoms with Gasteiger partial charge in [0.05, 0.1) is 10.0 Å². The van der Waals surface area contributed by atoms with Crippen LogP contribution in [0, 0.1) is 0 Å². The van der Waals surface area contributed by atoms with Crippen molar-refractivity contribution in [1.29, 1.82) is 0 Å². The quantitative estimate of drug-likeness (QED) is 0.833. The predicted octanol–water partition coefficient (Wildman–Crippen LogP) is 4.52. The predicted molar refractivity (Wildman–Crippen MR) is 88.7 cm³/mol. The van der Waals surface area contributed by atoms with Crippen LogP contribution in [-0.4, -0.2) is 18.1 Å². The van der Waals surface area contributed by atoms with Gasteiger partial charge < -0.3 is 5.32 Å². The third kappa shape index (κ3) is 4.45. The van der Waals surface area contributed by atoms with E-state index in [1.165, 1.54) is 11.1 Å². The Morgan fingerprint density at radius 3 is 2.50 bits per heavy atom. The summed E-state index contributed by atoms with van der Waals surface area (Å²) in [5.41, 5.74) is 2.36. The second-order valence-corrected chi connectivity index (χ2v) is 6.38. The molecule has 0 spiro atoms. The van der Waals surface area contributed by atoms with E-state index in [2.05, 4.69) is 32.3 Å². The first-order valence-corrected chi connectivity index (χ1v) is 7.84. The highest BCUT2D eigenvalue weighted by molar-refractivity contribution is 9.10. The molecule has 2 nitrogen and oxygen atoms in total. The average Bonchev–Trinajstić information content (AvgIpc) is 2.42. The Morgan fingerprint density at radius 1 is 1.10 bits per heavy atom. The van der Waals surface area contributed by atoms with Crippen LogP contribution in [0.3, 0.4) is 0 Å². The number of halogens is 3. The summed E-state index contributed by atoms with van der Waals surface area (Å²) in [6, 6.07) is 8.19. The molecular formula is C15H15BrCl2N2. The first-order chi connectivity index (χ1) is 9.58. The number of rotatable bonds is 5. The van der Waals surface area contributed by atoms with E-state index in [4.69, 9.17) is 23.2 Å². The normalized spacial score (nSPS) is 12.4. The highest BCUT2D eigenvalue weighted by Crippen LogP contribution is 2.23. The van der Waals surface area contributed by atoms with Crippen LogP contribution in [0.4, 0.5) is 0 Å². The van der Waals surface area contributed by atoms with Gasteiger partial charge in [-0.25, -0.2) is 0 Å². The maximum Gasteiger partial charge on any atom is 0.0595 e. The molecule has 0 amide bonds. The van der Waals surface area contributed by atoms with Gasteiger partial charge in [-0.05, 0) is 65.1 Å². The van der Waals surface area contributed by atoms with Crippen molar-refractivity contribution in [2.45, 2.75) is 18.9 Å². The lowest BCUT2D eigenvalue weighted by Crippen LogP contribution is -2.29. The molecular weight excluding hydrogens is 359 g/mol. The van der Waals surface area contributed by atoms with E-state index < -0.39 is 0 Å². The van der Waals surface area contributed by atoms with Crippen LogP contribution in [0.1, 0.15) is 11.1 Å². The lowest BCUT2D eigenvalue weighted by Gasteiger charge is -2.16. The molecule has 1 unspecified atom stereocenters. The highest BCUT2D eigenvalue weighted by atomic mass is 79.9. The van der Waals surface area contributed by atoms with Crippen molar-refractivity contribution in [2.75, 3.05) is 7.05 Å². The summed E-state index contributed by atoms with van der Waals surface area (Å²) >= 11 is 15.4. The molecule has 0 aliphatic carbocycles. The number of likely N-dealkylation sites (N-methyl/N-ethyl adjacent to an activating group) is 1. The van der Waals surface area contributed by atoms with E-state index in [1.807, 2.05) is 31.4 Å². The largest absolute Gasteiger partial charge is 0.316 e. The molecule has 0 bridgehead atoms. The molecule has 2 rings (SSSR count). The lowest BCUT2D eigenvalue weighted by atomic mass is 10.00. The highest BCUT2D eigenvalue weighted by Gasteiger charge is 2.10. The van der Waals surface area contributed by atoms with Gasteiger partial charge in [0.1, 0.15) is 0 Å². The van der Waals surface area contributed by atoms with Gasteiger partial charge in [0.25, 0.3) is 0 Å². The zero-order chi connectivity index (χ0) is 14.5. The fraction of sp³-hybridized carbons (Fsp3) is 0.267. The van der Waals surface area contributed by atoms with Crippen LogP contribution >= 0.6 is 39.1 Å². The van der Waals surface area contributed by atoms with Gasteiger partial charge in [-0.2, -0.15) is 0 Å². The molecule has 0 fully saturated rings. The van der Waals surface area contributed by atoms with Crippen LogP contribution in [0.15, 0.2) is 41.1 Å². The van der Waals surface area contributed by atoms with Gasteiger partial charge in [0, 0.05) is 22.9 Å². The molecule has 0 radical (unpaired) electrons. The Hall–Kier alpha value is -0.610. The van der Waals surface area contributed by atoms with Crippen molar-refractivity contribution in [3.63, 3.8) is 0 Å². The number of pyridine rings is 1. The van der Waals surface area contributed by atoms with Gasteiger partial charge in [-0.3, -0.25) is 4.98 Å². The van der Waals surface area contributed by atoms with Crippen LogP contribution in [0.2, 0.25) is 10.0 Å². The van der Waals surface area contributed by atoms with Crippen LogP contribution in [0.25, 0.3) is 0 Å². The number of hydrogen-bond donors (Lipinski definition) is 1. The van der Waals surface area contributed by atoms with Crippen molar-refractivity contribution >= 4 is 39.1 Å². The molecule has 5 heteroatoms. The van der Waals surface area contributed by atoms with Gasteiger partial charge in [-0.15, -0.1) is 0 Å². The minimum Gasteiger partial charge on any atom is -0.316 e. The first kappa shape index (κ1) is 15.8. The fourth-order valence-corrected chi connectivity index (χ4v) is 2.81. The van der Waals surface area contributed by atoms with E-state index in [1.54, 1.807) is 6.20 Å². The van der Waals surface area contributed by atoms with Crippen molar-refractivity contribution in [2.24, 2.45) is 0 Å². The maximum atomic E-state index is 6.05. The standard InChI is InChI=1S/C15H15BrCl2N2/c1-19-13(6-11-4-12(16)9-20-8-11)5-10-2-3-14(17)15(18)7-10/h2-4,7-9,13,19H,5-6H2,1H3. The topological polar surface area (TPSA) is 24.9 Å². The monoisotopic (exact) mass is 372 g/mol. The number of nitrogens with one attached hydrogen (secondary N) is 1. The maximum absolute atomic E-state index is 6.05. The number of aromatic nitrogens is 1. The summed E-state index contributed by atoms with van der Waals surface area (Å²) in [5.74, 6) is 0. The summed E-state index contributed by atoms with van der Waals surface area (Å²) < 4.78 is 0.999. The number of benzene rings is 1. The summed E-state index contributed by atoms with van der Waals surface area (Å²) in [6.45, 7) is 0. The minimum atomic E-state index is 0.323. The SMILES string of the molecule is CNC(Cc1cncc(Br)c1)Cc1ccc(Cl)c(Cl)c1. The molecule has 1 heterocycles. The van der Waals surface area contributed by atoms with E-state index >= 15 is 0 Å². The second-order valence-electron chi connectivity index (χ2n) is 4.65. The molecule has 1 atom stereocenters. The van der Waals surface area contributed by atoms with Crippen LogP contribution < -0.4 is 5.32 Å². The van der Waals surface area contributed by atoms with E-state index in [0.717, 1.165) is 17.3 Å². The number of nitrogens with zero attached hydrogens (tertiary/aromatic N) is 1. The average molecular weight is 374 g/mol. The van der Waals surface area contributed by atoms with E-state index in [-0.39, 0.29) is 0 Å². The van der Waals surface area contributed by atoms with Gasteiger partial charge in [0.15, 0.2) is 0 Å². The Labute approximate surface area is 137 Å². The summed E-state index contributed by atoms with van der Waals surface area (Å²) in [6.07, 6.45) is 5.48. The molecule has 1 aromatic heterocycles. The third-order valence-electron chi connectivity index (χ3n) is 3.12. The Bertz CT molecular complexity index is 590. The number of hydrogen-bond acceptors (Lipinski definition) is 2. The van der Waals surface area contributed by atoms with E-state index in [9.17, 15) is 0 Å². The second kappa shape index (κ2) is 7.41. The fourth-order valence-electron chi connectivity index (χ4n) is 2.08. The Kier molecular flexibility index (Phi) is 5.85. The van der Waals surface area contributed by atoms with Gasteiger partial charge in [-0.1, -0.05) is 29.3 Å². The van der Waals surface area contributed by atoms with Crippen LogP contribution in [-0.2, 0) is 12.8 Å². The van der Waals surface area contributed by atoms with Gasteiger partial charge >= 0.3 is 0 Å². The smallest absolute Gasteiger partial charge is 0.0595 e. The van der Waals surface area contributed by atoms with Crippen LogP contribution in [0.5, 0.6) is 0 Å². The Morgan fingerprint density at radius 2 is 1.85 bits per heavy atom. The summed E-state index contributed by atoms with van der Waals surface area (Å²) in [5, 5.41) is 4.52. The van der Waals surface area contributed by atoms with Crippen molar-refractivity contribution < 1.29 is 0 Å². The summed E-state index contributed by atoms with van der Waals surface area (Å²) in [4.78, 5) is 4.19. The molecule has 2 aromatic rings. The molecule has 0 aliphatic heterocycles. The zero-order valence-corrected chi connectivity index (χ0v) is 14.1. The molecule has 106 valence electrons.